The molecule has 2 rings (SSSR count). The molecule has 0 radical (unpaired) electrons. The third kappa shape index (κ3) is 6.12. The van der Waals surface area contributed by atoms with Gasteiger partial charge in [0.1, 0.15) is 5.75 Å². The number of hydrogen-bond acceptors (Lipinski definition) is 4. The van der Waals surface area contributed by atoms with Crippen LogP contribution in [0.1, 0.15) is 12.0 Å². The lowest BCUT2D eigenvalue weighted by Crippen LogP contribution is -2.36. The predicted octanol–water partition coefficient (Wildman–Crippen LogP) is 3.31. The molecule has 0 bridgehead atoms. The van der Waals surface area contributed by atoms with E-state index in [0.29, 0.717) is 17.3 Å². The zero-order valence-electron chi connectivity index (χ0n) is 14.0. The van der Waals surface area contributed by atoms with Crippen molar-refractivity contribution < 1.29 is 19.1 Å². The topological polar surface area (TPSA) is 55.8 Å². The monoisotopic (exact) mass is 361 g/mol. The minimum atomic E-state index is -0.374. The second kappa shape index (κ2) is 9.69. The summed E-state index contributed by atoms with van der Waals surface area (Å²) < 4.78 is 10.2. The first-order valence-corrected chi connectivity index (χ1v) is 8.24. The van der Waals surface area contributed by atoms with Crippen molar-refractivity contribution in [2.24, 2.45) is 0 Å². The summed E-state index contributed by atoms with van der Waals surface area (Å²) in [6.07, 6.45) is 0.109. The summed E-state index contributed by atoms with van der Waals surface area (Å²) in [7, 11) is 1.32. The fourth-order valence-electron chi connectivity index (χ4n) is 2.21. The number of para-hydroxylation sites is 1. The van der Waals surface area contributed by atoms with Crippen molar-refractivity contribution in [3.05, 3.63) is 65.2 Å². The quantitative estimate of drug-likeness (QED) is 0.677. The average molecular weight is 362 g/mol. The number of hydrogen-bond donors (Lipinski definition) is 0. The van der Waals surface area contributed by atoms with Crippen LogP contribution in [0.15, 0.2) is 54.6 Å². The molecule has 6 heteroatoms. The Morgan fingerprint density at radius 3 is 2.40 bits per heavy atom. The summed E-state index contributed by atoms with van der Waals surface area (Å²) in [6.45, 7) is 0.415. The maximum atomic E-state index is 12.5. The number of ether oxygens (including phenoxy) is 2. The highest BCUT2D eigenvalue weighted by molar-refractivity contribution is 6.31. The standard InChI is InChI=1S/C19H20ClNO4/c1-24-19(23)11-12-21(13-15-7-5-6-10-17(15)20)18(22)14-25-16-8-3-2-4-9-16/h2-10H,11-14H2,1H3. The van der Waals surface area contributed by atoms with E-state index in [-0.39, 0.29) is 31.4 Å². The Labute approximate surface area is 152 Å². The van der Waals surface area contributed by atoms with Gasteiger partial charge in [-0.1, -0.05) is 48.0 Å². The number of rotatable bonds is 8. The maximum absolute atomic E-state index is 12.5. The van der Waals surface area contributed by atoms with Crippen LogP contribution in [0, 0.1) is 0 Å². The fraction of sp³-hybridized carbons (Fsp3) is 0.263. The van der Waals surface area contributed by atoms with Gasteiger partial charge in [-0.25, -0.2) is 0 Å². The predicted molar refractivity (Wildman–Crippen MR) is 95.4 cm³/mol. The highest BCUT2D eigenvalue weighted by Gasteiger charge is 2.17. The van der Waals surface area contributed by atoms with Gasteiger partial charge in [-0.15, -0.1) is 0 Å². The first-order valence-electron chi connectivity index (χ1n) is 7.86. The second-order valence-corrected chi connectivity index (χ2v) is 5.74. The molecule has 0 N–H and O–H groups in total. The highest BCUT2D eigenvalue weighted by atomic mass is 35.5. The first kappa shape index (κ1) is 18.8. The number of amides is 1. The average Bonchev–Trinajstić information content (AvgIpc) is 2.65. The second-order valence-electron chi connectivity index (χ2n) is 5.33. The van der Waals surface area contributed by atoms with E-state index in [1.165, 1.54) is 7.11 Å². The van der Waals surface area contributed by atoms with Crippen LogP contribution >= 0.6 is 11.6 Å². The molecule has 0 aliphatic carbocycles. The number of nitrogens with zero attached hydrogens (tertiary/aromatic N) is 1. The Morgan fingerprint density at radius 1 is 1.04 bits per heavy atom. The Bertz CT molecular complexity index is 706. The maximum Gasteiger partial charge on any atom is 0.307 e. The van der Waals surface area contributed by atoms with Gasteiger partial charge in [-0.2, -0.15) is 0 Å². The highest BCUT2D eigenvalue weighted by Crippen LogP contribution is 2.18. The first-order chi connectivity index (χ1) is 12.1. The van der Waals surface area contributed by atoms with Gasteiger partial charge in [0.25, 0.3) is 5.91 Å². The van der Waals surface area contributed by atoms with E-state index in [0.717, 1.165) is 5.56 Å². The lowest BCUT2D eigenvalue weighted by Gasteiger charge is -2.23. The number of carbonyl (C=O) groups excluding carboxylic acids is 2. The molecule has 2 aromatic carbocycles. The molecule has 0 heterocycles. The Kier molecular flexibility index (Phi) is 7.29. The lowest BCUT2D eigenvalue weighted by atomic mass is 10.2. The van der Waals surface area contributed by atoms with Crippen molar-refractivity contribution in [1.82, 2.24) is 4.90 Å². The van der Waals surface area contributed by atoms with Crippen molar-refractivity contribution >= 4 is 23.5 Å². The van der Waals surface area contributed by atoms with Crippen molar-refractivity contribution in [2.75, 3.05) is 20.3 Å². The molecule has 0 aliphatic heterocycles. The van der Waals surface area contributed by atoms with Gasteiger partial charge < -0.3 is 14.4 Å². The summed E-state index contributed by atoms with van der Waals surface area (Å²) in [5, 5.41) is 0.572. The largest absolute Gasteiger partial charge is 0.484 e. The number of carbonyl (C=O) groups is 2. The smallest absolute Gasteiger partial charge is 0.307 e. The fourth-order valence-corrected chi connectivity index (χ4v) is 2.40. The molecule has 2 aromatic rings. The molecule has 132 valence electrons. The zero-order valence-corrected chi connectivity index (χ0v) is 14.7. The molecule has 0 atom stereocenters. The molecule has 25 heavy (non-hydrogen) atoms. The molecular formula is C19H20ClNO4. The van der Waals surface area contributed by atoms with Gasteiger partial charge >= 0.3 is 5.97 Å². The van der Waals surface area contributed by atoms with Crippen LogP contribution < -0.4 is 4.74 Å². The van der Waals surface area contributed by atoms with E-state index < -0.39 is 0 Å². The summed E-state index contributed by atoms with van der Waals surface area (Å²) in [5.41, 5.74) is 0.807. The summed E-state index contributed by atoms with van der Waals surface area (Å²) >= 11 is 6.18. The van der Waals surface area contributed by atoms with Crippen LogP contribution in [0.25, 0.3) is 0 Å². The van der Waals surface area contributed by atoms with E-state index in [1.54, 1.807) is 23.1 Å². The van der Waals surface area contributed by atoms with Crippen LogP contribution in [0.2, 0.25) is 5.02 Å². The van der Waals surface area contributed by atoms with E-state index in [1.807, 2.05) is 36.4 Å². The molecule has 0 unspecified atom stereocenters. The van der Waals surface area contributed by atoms with Crippen molar-refractivity contribution in [3.63, 3.8) is 0 Å². The number of halogens is 1. The number of methoxy groups -OCH3 is 1. The minimum Gasteiger partial charge on any atom is -0.484 e. The molecule has 0 saturated carbocycles. The van der Waals surface area contributed by atoms with Gasteiger partial charge in [-0.3, -0.25) is 9.59 Å². The molecule has 5 nitrogen and oxygen atoms in total. The third-order valence-electron chi connectivity index (χ3n) is 3.59. The number of benzene rings is 2. The van der Waals surface area contributed by atoms with E-state index in [9.17, 15) is 9.59 Å². The van der Waals surface area contributed by atoms with Gasteiger partial charge in [0.05, 0.1) is 13.5 Å². The van der Waals surface area contributed by atoms with Gasteiger partial charge in [-0.05, 0) is 23.8 Å². The van der Waals surface area contributed by atoms with Crippen LogP contribution in [-0.4, -0.2) is 37.0 Å². The normalized spacial score (nSPS) is 10.2. The third-order valence-corrected chi connectivity index (χ3v) is 3.96. The molecule has 1 amide bonds. The van der Waals surface area contributed by atoms with Crippen LogP contribution in [0.5, 0.6) is 5.75 Å². The lowest BCUT2D eigenvalue weighted by molar-refractivity contribution is -0.142. The minimum absolute atomic E-state index is 0.109. The SMILES string of the molecule is COC(=O)CCN(Cc1ccccc1Cl)C(=O)COc1ccccc1. The molecule has 0 spiro atoms. The molecule has 0 aliphatic rings. The van der Waals surface area contributed by atoms with Gasteiger partial charge in [0.15, 0.2) is 6.61 Å². The van der Waals surface area contributed by atoms with Crippen LogP contribution in [-0.2, 0) is 20.9 Å². The molecular weight excluding hydrogens is 342 g/mol. The molecule has 0 aromatic heterocycles. The van der Waals surface area contributed by atoms with Gasteiger partial charge in [0.2, 0.25) is 0 Å². The summed E-state index contributed by atoms with van der Waals surface area (Å²) in [4.78, 5) is 25.5. The van der Waals surface area contributed by atoms with Crippen molar-refractivity contribution in [3.8, 4) is 5.75 Å². The van der Waals surface area contributed by atoms with E-state index in [2.05, 4.69) is 4.74 Å². The summed E-state index contributed by atoms with van der Waals surface area (Å²) in [5.74, 6) is 0.00937. The number of esters is 1. The molecule has 0 fully saturated rings. The van der Waals surface area contributed by atoms with E-state index in [4.69, 9.17) is 16.3 Å². The zero-order chi connectivity index (χ0) is 18.1. The van der Waals surface area contributed by atoms with E-state index >= 15 is 0 Å². The Balaban J connectivity index is 2.03. The Hall–Kier alpha value is -2.53. The van der Waals surface area contributed by atoms with Crippen molar-refractivity contribution in [2.45, 2.75) is 13.0 Å². The van der Waals surface area contributed by atoms with Gasteiger partial charge in [0, 0.05) is 18.1 Å². The van der Waals surface area contributed by atoms with Crippen LogP contribution in [0.3, 0.4) is 0 Å². The summed E-state index contributed by atoms with van der Waals surface area (Å²) in [6, 6.07) is 16.4. The Morgan fingerprint density at radius 2 is 1.72 bits per heavy atom. The van der Waals surface area contributed by atoms with Crippen molar-refractivity contribution in [1.29, 1.82) is 0 Å². The molecule has 0 saturated heterocycles. The van der Waals surface area contributed by atoms with Crippen LogP contribution in [0.4, 0.5) is 0 Å².